The van der Waals surface area contributed by atoms with Crippen molar-refractivity contribution in [1.29, 1.82) is 0 Å². The largest absolute Gasteiger partial charge is 0.468 e. The van der Waals surface area contributed by atoms with Gasteiger partial charge in [-0.25, -0.2) is 0 Å². The Bertz CT molecular complexity index is 632. The van der Waals surface area contributed by atoms with E-state index >= 15 is 0 Å². The van der Waals surface area contributed by atoms with Gasteiger partial charge in [-0.15, -0.1) is 10.2 Å². The van der Waals surface area contributed by atoms with E-state index in [4.69, 9.17) is 8.83 Å². The van der Waals surface area contributed by atoms with Gasteiger partial charge in [0.15, 0.2) is 0 Å². The summed E-state index contributed by atoms with van der Waals surface area (Å²) in [6.07, 6.45) is 2.31. The van der Waals surface area contributed by atoms with Gasteiger partial charge in [-0.1, -0.05) is 30.3 Å². The van der Waals surface area contributed by atoms with Gasteiger partial charge in [-0.05, 0) is 17.7 Å². The minimum atomic E-state index is 0.530. The molecule has 0 radical (unpaired) electrons. The van der Waals surface area contributed by atoms with Crippen LogP contribution in [0.15, 0.2) is 57.6 Å². The molecule has 5 nitrogen and oxygen atoms in total. The van der Waals surface area contributed by atoms with Crippen LogP contribution < -0.4 is 5.32 Å². The van der Waals surface area contributed by atoms with Crippen LogP contribution in [0.5, 0.6) is 0 Å². The van der Waals surface area contributed by atoms with Crippen molar-refractivity contribution in [3.05, 3.63) is 71.8 Å². The average Bonchev–Trinajstić information content (AvgIpc) is 3.12. The lowest BCUT2D eigenvalue weighted by Gasteiger charge is -1.98. The zero-order chi connectivity index (χ0) is 13.6. The standard InChI is InChI=1S/C15H15N3O2/c1-2-5-12(6-3-1)9-14-17-18-15(20-14)11-16-10-13-7-4-8-19-13/h1-8,16H,9-11H2. The highest BCUT2D eigenvalue weighted by atomic mass is 16.4. The molecule has 0 atom stereocenters. The van der Waals surface area contributed by atoms with Gasteiger partial charge in [0.25, 0.3) is 0 Å². The maximum absolute atomic E-state index is 5.59. The first-order valence-corrected chi connectivity index (χ1v) is 6.48. The zero-order valence-electron chi connectivity index (χ0n) is 11.0. The van der Waals surface area contributed by atoms with Crippen LogP contribution in [0.25, 0.3) is 0 Å². The molecule has 0 saturated heterocycles. The second kappa shape index (κ2) is 6.16. The predicted octanol–water partition coefficient (Wildman–Crippen LogP) is 2.54. The highest BCUT2D eigenvalue weighted by Crippen LogP contribution is 2.08. The van der Waals surface area contributed by atoms with Crippen molar-refractivity contribution in [2.45, 2.75) is 19.5 Å². The zero-order valence-corrected chi connectivity index (χ0v) is 11.0. The van der Waals surface area contributed by atoms with E-state index in [2.05, 4.69) is 15.5 Å². The molecule has 2 aromatic heterocycles. The van der Waals surface area contributed by atoms with Gasteiger partial charge in [-0.2, -0.15) is 0 Å². The number of nitrogens with one attached hydrogen (secondary N) is 1. The fraction of sp³-hybridized carbons (Fsp3) is 0.200. The van der Waals surface area contributed by atoms with Crippen LogP contribution in [0.2, 0.25) is 0 Å². The first-order valence-electron chi connectivity index (χ1n) is 6.48. The molecule has 3 aromatic rings. The maximum atomic E-state index is 5.59. The van der Waals surface area contributed by atoms with Crippen LogP contribution in [0, 0.1) is 0 Å². The Morgan fingerprint density at radius 3 is 2.55 bits per heavy atom. The minimum absolute atomic E-state index is 0.530. The molecule has 3 rings (SSSR count). The molecule has 0 fully saturated rings. The molecular formula is C15H15N3O2. The van der Waals surface area contributed by atoms with Gasteiger partial charge in [0.2, 0.25) is 11.8 Å². The normalized spacial score (nSPS) is 10.8. The molecular weight excluding hydrogens is 254 g/mol. The van der Waals surface area contributed by atoms with E-state index in [1.54, 1.807) is 6.26 Å². The first-order chi connectivity index (χ1) is 9.90. The molecule has 0 spiro atoms. The van der Waals surface area contributed by atoms with E-state index in [-0.39, 0.29) is 0 Å². The molecule has 0 aliphatic carbocycles. The third kappa shape index (κ3) is 3.33. The van der Waals surface area contributed by atoms with Crippen molar-refractivity contribution < 1.29 is 8.83 Å². The summed E-state index contributed by atoms with van der Waals surface area (Å²) in [5.74, 6) is 2.10. The van der Waals surface area contributed by atoms with Crippen molar-refractivity contribution in [1.82, 2.24) is 15.5 Å². The number of furan rings is 1. The number of aromatic nitrogens is 2. The molecule has 20 heavy (non-hydrogen) atoms. The molecule has 2 heterocycles. The molecule has 0 saturated carbocycles. The topological polar surface area (TPSA) is 64.1 Å². The van der Waals surface area contributed by atoms with E-state index in [9.17, 15) is 0 Å². The fourth-order valence-corrected chi connectivity index (χ4v) is 1.91. The van der Waals surface area contributed by atoms with Crippen LogP contribution in [-0.2, 0) is 19.5 Å². The van der Waals surface area contributed by atoms with Crippen LogP contribution in [0.3, 0.4) is 0 Å². The number of hydrogen-bond donors (Lipinski definition) is 1. The molecule has 0 aliphatic rings. The minimum Gasteiger partial charge on any atom is -0.468 e. The number of rotatable bonds is 6. The summed E-state index contributed by atoms with van der Waals surface area (Å²) in [5.41, 5.74) is 1.16. The molecule has 1 N–H and O–H groups in total. The lowest BCUT2D eigenvalue weighted by Crippen LogP contribution is -2.12. The summed E-state index contributed by atoms with van der Waals surface area (Å²) in [6, 6.07) is 13.8. The van der Waals surface area contributed by atoms with Crippen molar-refractivity contribution in [2.24, 2.45) is 0 Å². The lowest BCUT2D eigenvalue weighted by molar-refractivity contribution is 0.424. The number of hydrogen-bond acceptors (Lipinski definition) is 5. The van der Waals surface area contributed by atoms with Crippen LogP contribution in [0.4, 0.5) is 0 Å². The summed E-state index contributed by atoms with van der Waals surface area (Å²) in [7, 11) is 0. The lowest BCUT2D eigenvalue weighted by atomic mass is 10.2. The average molecular weight is 269 g/mol. The molecule has 0 amide bonds. The van der Waals surface area contributed by atoms with Crippen molar-refractivity contribution >= 4 is 0 Å². The summed E-state index contributed by atoms with van der Waals surface area (Å²) < 4.78 is 10.8. The van der Waals surface area contributed by atoms with Crippen LogP contribution in [0.1, 0.15) is 23.1 Å². The first kappa shape index (κ1) is 12.6. The Labute approximate surface area is 116 Å². The van der Waals surface area contributed by atoms with Crippen molar-refractivity contribution in [3.8, 4) is 0 Å². The number of benzene rings is 1. The van der Waals surface area contributed by atoms with Gasteiger partial charge >= 0.3 is 0 Å². The van der Waals surface area contributed by atoms with E-state index < -0.39 is 0 Å². The summed E-state index contributed by atoms with van der Waals surface area (Å²) in [5, 5.41) is 11.3. The van der Waals surface area contributed by atoms with E-state index in [0.717, 1.165) is 11.3 Å². The molecule has 1 aromatic carbocycles. The molecule has 5 heteroatoms. The van der Waals surface area contributed by atoms with Crippen LogP contribution >= 0.6 is 0 Å². The predicted molar refractivity (Wildman–Crippen MR) is 72.8 cm³/mol. The third-order valence-corrected chi connectivity index (χ3v) is 2.86. The Kier molecular flexibility index (Phi) is 3.89. The Morgan fingerprint density at radius 2 is 1.75 bits per heavy atom. The molecule has 0 bridgehead atoms. The molecule has 0 unspecified atom stereocenters. The van der Waals surface area contributed by atoms with Gasteiger partial charge in [0.05, 0.1) is 25.8 Å². The summed E-state index contributed by atoms with van der Waals surface area (Å²) in [4.78, 5) is 0. The highest BCUT2D eigenvalue weighted by Gasteiger charge is 2.06. The van der Waals surface area contributed by atoms with E-state index in [1.165, 1.54) is 0 Å². The Balaban J connectivity index is 1.52. The molecule has 102 valence electrons. The van der Waals surface area contributed by atoms with Crippen molar-refractivity contribution in [3.63, 3.8) is 0 Å². The van der Waals surface area contributed by atoms with Crippen LogP contribution in [-0.4, -0.2) is 10.2 Å². The monoisotopic (exact) mass is 269 g/mol. The van der Waals surface area contributed by atoms with E-state index in [1.807, 2.05) is 42.5 Å². The summed E-state index contributed by atoms with van der Waals surface area (Å²) >= 11 is 0. The maximum Gasteiger partial charge on any atom is 0.230 e. The fourth-order valence-electron chi connectivity index (χ4n) is 1.91. The van der Waals surface area contributed by atoms with Crippen molar-refractivity contribution in [2.75, 3.05) is 0 Å². The SMILES string of the molecule is c1ccc(Cc2nnc(CNCc3ccco3)o2)cc1. The Hall–Kier alpha value is -2.40. The van der Waals surface area contributed by atoms with Gasteiger partial charge in [-0.3, -0.25) is 0 Å². The van der Waals surface area contributed by atoms with Gasteiger partial charge in [0, 0.05) is 0 Å². The summed E-state index contributed by atoms with van der Waals surface area (Å²) in [6.45, 7) is 1.17. The smallest absolute Gasteiger partial charge is 0.230 e. The quantitative estimate of drug-likeness (QED) is 0.745. The molecule has 0 aliphatic heterocycles. The van der Waals surface area contributed by atoms with E-state index in [0.29, 0.717) is 31.3 Å². The van der Waals surface area contributed by atoms with Gasteiger partial charge < -0.3 is 14.2 Å². The van der Waals surface area contributed by atoms with Gasteiger partial charge in [0.1, 0.15) is 5.76 Å². The third-order valence-electron chi connectivity index (χ3n) is 2.86. The second-order valence-electron chi connectivity index (χ2n) is 4.43. The Morgan fingerprint density at radius 1 is 0.900 bits per heavy atom. The second-order valence-corrected chi connectivity index (χ2v) is 4.43. The number of nitrogens with zero attached hydrogens (tertiary/aromatic N) is 2. The highest BCUT2D eigenvalue weighted by molar-refractivity contribution is 5.17.